The first-order chi connectivity index (χ1) is 10.2. The standard InChI is InChI=1S/C16H21BrN4/c1-21-8-4-12(5-9-21)2-6-18-14-3-7-19-15-10-13(17)11-20-16(14)15/h3,7,10-12H,2,4-6,8-9H2,1H3,(H,18,19). The fourth-order valence-corrected chi connectivity index (χ4v) is 3.23. The molecule has 2 aromatic heterocycles. The molecule has 112 valence electrons. The molecule has 3 rings (SSSR count). The predicted molar refractivity (Wildman–Crippen MR) is 90.6 cm³/mol. The average Bonchev–Trinajstić information content (AvgIpc) is 2.49. The van der Waals surface area contributed by atoms with Crippen LogP contribution in [0.4, 0.5) is 5.69 Å². The quantitative estimate of drug-likeness (QED) is 0.917. The summed E-state index contributed by atoms with van der Waals surface area (Å²) in [6.45, 7) is 3.47. The van der Waals surface area contributed by atoms with Gasteiger partial charge in [0.2, 0.25) is 0 Å². The van der Waals surface area contributed by atoms with E-state index in [-0.39, 0.29) is 0 Å². The minimum Gasteiger partial charge on any atom is -0.383 e. The fourth-order valence-electron chi connectivity index (χ4n) is 2.91. The van der Waals surface area contributed by atoms with Gasteiger partial charge in [0.05, 0.1) is 11.2 Å². The van der Waals surface area contributed by atoms with E-state index in [4.69, 9.17) is 0 Å². The highest BCUT2D eigenvalue weighted by Gasteiger charge is 2.16. The Morgan fingerprint density at radius 3 is 2.95 bits per heavy atom. The van der Waals surface area contributed by atoms with Crippen LogP contribution in [0.1, 0.15) is 19.3 Å². The molecule has 0 aromatic carbocycles. The first-order valence-electron chi connectivity index (χ1n) is 7.55. The molecule has 1 N–H and O–H groups in total. The molecule has 5 heteroatoms. The SMILES string of the molecule is CN1CCC(CCNc2ccnc3cc(Br)cnc23)CC1. The first-order valence-corrected chi connectivity index (χ1v) is 8.34. The van der Waals surface area contributed by atoms with Gasteiger partial charge in [0, 0.05) is 23.4 Å². The zero-order valence-corrected chi connectivity index (χ0v) is 13.9. The molecule has 0 spiro atoms. The number of likely N-dealkylation sites (tertiary alicyclic amines) is 1. The molecule has 1 aliphatic rings. The number of rotatable bonds is 4. The fraction of sp³-hybridized carbons (Fsp3) is 0.500. The molecule has 0 unspecified atom stereocenters. The number of anilines is 1. The number of pyridine rings is 2. The summed E-state index contributed by atoms with van der Waals surface area (Å²) in [6.07, 6.45) is 7.54. The third-order valence-electron chi connectivity index (χ3n) is 4.25. The topological polar surface area (TPSA) is 41.0 Å². The first kappa shape index (κ1) is 14.7. The Balaban J connectivity index is 1.60. The van der Waals surface area contributed by atoms with Gasteiger partial charge in [-0.1, -0.05) is 0 Å². The largest absolute Gasteiger partial charge is 0.383 e. The summed E-state index contributed by atoms with van der Waals surface area (Å²) in [5.74, 6) is 0.851. The molecule has 21 heavy (non-hydrogen) atoms. The van der Waals surface area contributed by atoms with E-state index < -0.39 is 0 Å². The highest BCUT2D eigenvalue weighted by Crippen LogP contribution is 2.23. The Morgan fingerprint density at radius 2 is 2.14 bits per heavy atom. The summed E-state index contributed by atoms with van der Waals surface area (Å²) in [4.78, 5) is 11.3. The van der Waals surface area contributed by atoms with Gasteiger partial charge in [-0.25, -0.2) is 0 Å². The lowest BCUT2D eigenvalue weighted by Gasteiger charge is -2.29. The van der Waals surface area contributed by atoms with Crippen LogP contribution in [0.3, 0.4) is 0 Å². The van der Waals surface area contributed by atoms with Gasteiger partial charge in [0.15, 0.2) is 0 Å². The maximum absolute atomic E-state index is 4.48. The number of hydrogen-bond donors (Lipinski definition) is 1. The summed E-state index contributed by atoms with van der Waals surface area (Å²) in [5, 5.41) is 3.53. The lowest BCUT2D eigenvalue weighted by atomic mass is 9.94. The van der Waals surface area contributed by atoms with Crippen molar-refractivity contribution in [2.24, 2.45) is 5.92 Å². The molecule has 4 nitrogen and oxygen atoms in total. The van der Waals surface area contributed by atoms with Gasteiger partial charge >= 0.3 is 0 Å². The maximum Gasteiger partial charge on any atom is 0.112 e. The van der Waals surface area contributed by atoms with E-state index in [1.165, 1.54) is 32.4 Å². The normalized spacial score (nSPS) is 17.2. The lowest BCUT2D eigenvalue weighted by Crippen LogP contribution is -2.30. The van der Waals surface area contributed by atoms with E-state index in [2.05, 4.69) is 43.2 Å². The number of piperidine rings is 1. The molecular weight excluding hydrogens is 328 g/mol. The highest BCUT2D eigenvalue weighted by atomic mass is 79.9. The zero-order valence-electron chi connectivity index (χ0n) is 12.3. The smallest absolute Gasteiger partial charge is 0.112 e. The summed E-state index contributed by atoms with van der Waals surface area (Å²) in [5.41, 5.74) is 2.96. The van der Waals surface area contributed by atoms with Crippen LogP contribution in [-0.2, 0) is 0 Å². The molecule has 1 fully saturated rings. The molecule has 3 heterocycles. The Morgan fingerprint density at radius 1 is 1.33 bits per heavy atom. The molecule has 2 aromatic rings. The number of halogens is 1. The highest BCUT2D eigenvalue weighted by molar-refractivity contribution is 9.10. The van der Waals surface area contributed by atoms with Gasteiger partial charge in [0.1, 0.15) is 5.52 Å². The van der Waals surface area contributed by atoms with E-state index in [1.807, 2.05) is 24.5 Å². The number of fused-ring (bicyclic) bond motifs is 1. The van der Waals surface area contributed by atoms with Crippen molar-refractivity contribution in [3.63, 3.8) is 0 Å². The Labute approximate surface area is 134 Å². The van der Waals surface area contributed by atoms with Gasteiger partial charge in [0.25, 0.3) is 0 Å². The third-order valence-corrected chi connectivity index (χ3v) is 4.68. The van der Waals surface area contributed by atoms with Gasteiger partial charge in [-0.05, 0) is 73.4 Å². The second-order valence-electron chi connectivity index (χ2n) is 5.84. The predicted octanol–water partition coefficient (Wildman–Crippen LogP) is 3.54. The summed E-state index contributed by atoms with van der Waals surface area (Å²) < 4.78 is 0.964. The van der Waals surface area contributed by atoms with Crippen LogP contribution in [0.5, 0.6) is 0 Å². The van der Waals surface area contributed by atoms with Crippen molar-refractivity contribution in [2.45, 2.75) is 19.3 Å². The molecule has 1 aliphatic heterocycles. The lowest BCUT2D eigenvalue weighted by molar-refractivity contribution is 0.215. The minimum atomic E-state index is 0.851. The summed E-state index contributed by atoms with van der Waals surface area (Å²) in [6, 6.07) is 4.02. The average molecular weight is 349 g/mol. The number of nitrogens with one attached hydrogen (secondary N) is 1. The van der Waals surface area contributed by atoms with Gasteiger partial charge in [-0.15, -0.1) is 0 Å². The van der Waals surface area contributed by atoms with E-state index in [0.29, 0.717) is 0 Å². The molecule has 0 saturated carbocycles. The molecule has 0 bridgehead atoms. The van der Waals surface area contributed by atoms with Crippen LogP contribution < -0.4 is 5.32 Å². The second-order valence-corrected chi connectivity index (χ2v) is 6.76. The van der Waals surface area contributed by atoms with E-state index in [1.54, 1.807) is 0 Å². The van der Waals surface area contributed by atoms with Crippen molar-refractivity contribution in [3.8, 4) is 0 Å². The Bertz CT molecular complexity index is 608. The van der Waals surface area contributed by atoms with Gasteiger partial charge < -0.3 is 10.2 Å². The second kappa shape index (κ2) is 6.71. The molecule has 0 aliphatic carbocycles. The molecule has 0 radical (unpaired) electrons. The minimum absolute atomic E-state index is 0.851. The van der Waals surface area contributed by atoms with Gasteiger partial charge in [-0.2, -0.15) is 0 Å². The monoisotopic (exact) mass is 348 g/mol. The van der Waals surface area contributed by atoms with Crippen molar-refractivity contribution in [2.75, 3.05) is 32.0 Å². The molecule has 0 amide bonds. The zero-order chi connectivity index (χ0) is 14.7. The number of aromatic nitrogens is 2. The number of hydrogen-bond acceptors (Lipinski definition) is 4. The van der Waals surface area contributed by atoms with E-state index >= 15 is 0 Å². The summed E-state index contributed by atoms with van der Waals surface area (Å²) in [7, 11) is 2.21. The molecule has 0 atom stereocenters. The van der Waals surface area contributed by atoms with Crippen molar-refractivity contribution in [1.82, 2.24) is 14.9 Å². The van der Waals surface area contributed by atoms with Crippen molar-refractivity contribution < 1.29 is 0 Å². The Hall–Kier alpha value is -1.20. The van der Waals surface area contributed by atoms with E-state index in [0.717, 1.165) is 33.7 Å². The van der Waals surface area contributed by atoms with Crippen LogP contribution in [-0.4, -0.2) is 41.5 Å². The van der Waals surface area contributed by atoms with Crippen LogP contribution in [0.2, 0.25) is 0 Å². The van der Waals surface area contributed by atoms with E-state index in [9.17, 15) is 0 Å². The molecular formula is C16H21BrN4. The van der Waals surface area contributed by atoms with Gasteiger partial charge in [-0.3, -0.25) is 9.97 Å². The van der Waals surface area contributed by atoms with Crippen LogP contribution >= 0.6 is 15.9 Å². The number of nitrogens with zero attached hydrogens (tertiary/aromatic N) is 3. The van der Waals surface area contributed by atoms with Crippen molar-refractivity contribution in [1.29, 1.82) is 0 Å². The summed E-state index contributed by atoms with van der Waals surface area (Å²) >= 11 is 3.44. The van der Waals surface area contributed by atoms with Crippen LogP contribution in [0.25, 0.3) is 11.0 Å². The van der Waals surface area contributed by atoms with Crippen LogP contribution in [0.15, 0.2) is 29.0 Å². The maximum atomic E-state index is 4.48. The van der Waals surface area contributed by atoms with Crippen molar-refractivity contribution >= 4 is 32.7 Å². The third kappa shape index (κ3) is 3.71. The Kier molecular flexibility index (Phi) is 4.70. The van der Waals surface area contributed by atoms with Crippen molar-refractivity contribution in [3.05, 3.63) is 29.0 Å². The van der Waals surface area contributed by atoms with Crippen LogP contribution in [0, 0.1) is 5.92 Å². The molecule has 1 saturated heterocycles.